The van der Waals surface area contributed by atoms with E-state index in [0.29, 0.717) is 14.0 Å². The maximum Gasteiger partial charge on any atom is 0.116 e. The molecule has 0 aliphatic heterocycles. The molecule has 667 valence electrons. The molecule has 0 aliphatic carbocycles. The standard InChI is InChI=1S/C40H24N2S2.C36H24N2.C24H16N2.C14H15N2.C5H12O2.C2H8P2.Ir/c1-3-19-37-31(13-1)33-17-7-15-29(39(33)43-37)25-9-5-11-27(21-25)35-23-36(42-24-41-35)28-12-6-10-26(22-28)30-16-8-18-34-32-14-2-4-20-38(32)44-40(30)34;1-3-11-27(12-4-1)37-33-17-9-7-15-29(33)31-23-25(19-21-35(31)37)26-20-22-36-32(24-26)30-16-8-10-18-34(30)38(36)28-13-5-2-6-14-28;1-3-7-17(8-4-1)19-13-15-25-23-21(19)11-12-22-20(14-16-26-24(22)23)18-9-5-2-6-10-18;1-14(2,3)13-9-12(15-10-16-13)11-7-5-4-6-8-11;1-4(6)3-5(2)7;1-4(2)3;/h1-24H;1-24H;1-16H;4-7,9-10H,1-3H3;4-7H,3H2,1-2H3;3H2,1-2H3;/q;;;-1;;;. The van der Waals surface area contributed by atoms with Gasteiger partial charge >= 0.3 is 0 Å². The summed E-state index contributed by atoms with van der Waals surface area (Å²) in [4.78, 5) is 27.3. The number of fused-ring (bicyclic) bond motifs is 15. The minimum absolute atomic E-state index is 0. The van der Waals surface area contributed by atoms with Crippen molar-refractivity contribution < 1.29 is 30.3 Å². The summed E-state index contributed by atoms with van der Waals surface area (Å²) in [5.74, 6) is 0. The predicted molar refractivity (Wildman–Crippen MR) is 579 cm³/mol. The third-order valence-corrected chi connectivity index (χ3v) is 26.5. The van der Waals surface area contributed by atoms with Crippen LogP contribution in [-0.4, -0.2) is 74.8 Å². The minimum Gasteiger partial charge on any atom is -0.393 e. The molecule has 3 atom stereocenters. The van der Waals surface area contributed by atoms with E-state index in [-0.39, 0.29) is 37.7 Å². The molecule has 0 amide bonds. The topological polar surface area (TPSA) is 128 Å². The molecule has 8 heterocycles. The Bertz CT molecular complexity index is 7900. The van der Waals surface area contributed by atoms with Crippen molar-refractivity contribution in [3.05, 3.63) is 437 Å². The molecule has 15 heteroatoms. The fourth-order valence-electron chi connectivity index (χ4n) is 17.9. The fourth-order valence-corrected chi connectivity index (χ4v) is 20.3. The van der Waals surface area contributed by atoms with E-state index in [4.69, 9.17) is 20.2 Å². The zero-order valence-corrected chi connectivity index (χ0v) is 82.5. The molecule has 3 unspecified atom stereocenters. The normalized spacial score (nSPS) is 11.7. The van der Waals surface area contributed by atoms with Crippen molar-refractivity contribution in [1.82, 2.24) is 39.0 Å². The molecule has 2 N–H and O–H groups in total. The Morgan fingerprint density at radius 3 is 1.13 bits per heavy atom. The van der Waals surface area contributed by atoms with Gasteiger partial charge in [-0.2, -0.15) is 0 Å². The van der Waals surface area contributed by atoms with Crippen LogP contribution >= 0.6 is 39.2 Å². The Morgan fingerprint density at radius 1 is 0.324 bits per heavy atom. The molecule has 8 aromatic heterocycles. The number of aliphatic hydroxyl groups excluding tert-OH is 2. The average molecular weight is 2020 g/mol. The van der Waals surface area contributed by atoms with E-state index in [9.17, 15) is 0 Å². The van der Waals surface area contributed by atoms with Crippen molar-refractivity contribution >= 4 is 145 Å². The van der Waals surface area contributed by atoms with Crippen LogP contribution in [-0.2, 0) is 25.5 Å². The number of nitrogens with zero attached hydrogens (tertiary/aromatic N) is 8. The van der Waals surface area contributed by atoms with Crippen LogP contribution in [0.1, 0.15) is 46.7 Å². The molecule has 24 aromatic rings. The number of benzene rings is 16. The molecule has 0 saturated carbocycles. The van der Waals surface area contributed by atoms with Gasteiger partial charge in [-0.1, -0.05) is 301 Å². The first-order valence-electron chi connectivity index (χ1n) is 45.4. The largest absolute Gasteiger partial charge is 0.393 e. The first-order chi connectivity index (χ1) is 66.0. The summed E-state index contributed by atoms with van der Waals surface area (Å²) in [5, 5.41) is 29.7. The Labute approximate surface area is 817 Å². The van der Waals surface area contributed by atoms with E-state index in [1.54, 1.807) is 26.5 Å². The molecule has 0 bridgehead atoms. The number of pyridine rings is 2. The minimum atomic E-state index is -0.375. The van der Waals surface area contributed by atoms with Crippen molar-refractivity contribution in [3.63, 3.8) is 0 Å². The van der Waals surface area contributed by atoms with Gasteiger partial charge in [0.25, 0.3) is 0 Å². The summed E-state index contributed by atoms with van der Waals surface area (Å²) in [6, 6.07) is 145. The van der Waals surface area contributed by atoms with Crippen molar-refractivity contribution in [2.75, 3.05) is 13.3 Å². The molecule has 0 aliphatic rings. The zero-order valence-electron chi connectivity index (χ0n) is 76.4. The van der Waals surface area contributed by atoms with Gasteiger partial charge in [-0.3, -0.25) is 15.0 Å². The summed E-state index contributed by atoms with van der Waals surface area (Å²) in [7, 11) is 3.02. The maximum atomic E-state index is 8.56. The van der Waals surface area contributed by atoms with Crippen LogP contribution in [0.4, 0.5) is 0 Å². The van der Waals surface area contributed by atoms with Crippen LogP contribution in [0.3, 0.4) is 0 Å². The van der Waals surface area contributed by atoms with Gasteiger partial charge in [-0.15, -0.1) is 67.5 Å². The molecular weight excluding hydrogens is 1920 g/mol. The Kier molecular flexibility index (Phi) is 28.4. The number of rotatable bonds is 12. The third-order valence-electron chi connectivity index (χ3n) is 24.0. The first kappa shape index (κ1) is 92.4. The maximum absolute atomic E-state index is 8.56. The van der Waals surface area contributed by atoms with Gasteiger partial charge in [0.2, 0.25) is 0 Å². The summed E-state index contributed by atoms with van der Waals surface area (Å²) >= 11 is 3.72. The van der Waals surface area contributed by atoms with E-state index < -0.39 is 0 Å². The number of para-hydroxylation sites is 4. The number of aliphatic hydroxyl groups is 2. The van der Waals surface area contributed by atoms with Gasteiger partial charge in [0.1, 0.15) is 12.7 Å². The second kappa shape index (κ2) is 41.8. The van der Waals surface area contributed by atoms with Gasteiger partial charge in [0, 0.05) is 139 Å². The second-order valence-electron chi connectivity index (χ2n) is 34.9. The van der Waals surface area contributed by atoms with Gasteiger partial charge in [-0.25, -0.2) is 15.0 Å². The van der Waals surface area contributed by atoms with E-state index in [0.717, 1.165) is 61.3 Å². The third kappa shape index (κ3) is 20.1. The van der Waals surface area contributed by atoms with Gasteiger partial charge in [0.05, 0.1) is 56.7 Å². The van der Waals surface area contributed by atoms with Gasteiger partial charge < -0.3 is 19.3 Å². The molecule has 24 rings (SSSR count). The second-order valence-corrected chi connectivity index (χ2v) is 42.0. The summed E-state index contributed by atoms with van der Waals surface area (Å²) in [5.41, 5.74) is 28.3. The summed E-state index contributed by atoms with van der Waals surface area (Å²) in [6.07, 6.45) is 6.78. The molecule has 0 fully saturated rings. The zero-order chi connectivity index (χ0) is 92.5. The SMILES string of the molecule is CC(C)(C)c1cc(-c2[c-]cccc2)ncn1.CC(O)CC(C)O.CP(C)P.[Ir].c1cc(-c2cc(-c3cccc(-c4cccc5c4sc4ccccc45)c3)ncn2)cc(-c2cccc3c2sc2ccccc23)c1.c1ccc(-c2ccnc3c2ccc2c(-c4ccccc4)ccnc23)cc1.c1ccc(-n2c3ccccc3c3cc(-c4ccc5c(c4)c4ccccc4n5-c4ccccc4)ccc32)cc1. The van der Waals surface area contributed by atoms with Crippen LogP contribution in [0.2, 0.25) is 0 Å². The summed E-state index contributed by atoms with van der Waals surface area (Å²) in [6.45, 7) is 14.1. The van der Waals surface area contributed by atoms with E-state index in [2.05, 4.69) is 436 Å². The van der Waals surface area contributed by atoms with Crippen LogP contribution in [0, 0.1) is 6.07 Å². The number of hydrogen-bond acceptors (Lipinski definition) is 10. The van der Waals surface area contributed by atoms with E-state index in [1.165, 1.54) is 151 Å². The number of thiophene rings is 2. The summed E-state index contributed by atoms with van der Waals surface area (Å²) < 4.78 is 10.0. The van der Waals surface area contributed by atoms with E-state index >= 15 is 0 Å². The van der Waals surface area contributed by atoms with Crippen LogP contribution < -0.4 is 0 Å². The Hall–Kier alpha value is -14.0. The van der Waals surface area contributed by atoms with Crippen LogP contribution in [0.15, 0.2) is 425 Å². The molecule has 0 saturated heterocycles. The van der Waals surface area contributed by atoms with Crippen molar-refractivity contribution in [2.24, 2.45) is 0 Å². The van der Waals surface area contributed by atoms with Gasteiger partial charge in [-0.05, 0) is 198 Å². The van der Waals surface area contributed by atoms with Crippen molar-refractivity contribution in [3.8, 4) is 101 Å². The first-order valence-corrected chi connectivity index (χ1v) is 50.9. The van der Waals surface area contributed by atoms with Crippen LogP contribution in [0.5, 0.6) is 0 Å². The quantitative estimate of drug-likeness (QED) is 0.0703. The van der Waals surface area contributed by atoms with E-state index in [1.807, 2.05) is 77.5 Å². The molecule has 136 heavy (non-hydrogen) atoms. The smallest absolute Gasteiger partial charge is 0.116 e. The number of aromatic nitrogens is 8. The van der Waals surface area contributed by atoms with Crippen LogP contribution in [0.25, 0.3) is 207 Å². The molecule has 16 aromatic carbocycles. The molecular formula is C121H99IrN8O2P2S2-. The molecule has 0 spiro atoms. The Balaban J connectivity index is 0.000000121. The average Bonchev–Trinajstić information content (AvgIpc) is 1.63. The van der Waals surface area contributed by atoms with Gasteiger partial charge in [0.15, 0.2) is 0 Å². The monoisotopic (exact) mass is 2010 g/mol. The van der Waals surface area contributed by atoms with Crippen molar-refractivity contribution in [1.29, 1.82) is 0 Å². The molecule has 10 nitrogen and oxygen atoms in total. The molecule has 1 radical (unpaired) electrons. The fraction of sp³-hybridized carbons (Fsp3) is 0.0909. The predicted octanol–water partition coefficient (Wildman–Crippen LogP) is 32.4. The van der Waals surface area contributed by atoms with Crippen molar-refractivity contribution in [2.45, 2.75) is 58.7 Å². The Morgan fingerprint density at radius 2 is 0.699 bits per heavy atom. The number of hydrogen-bond donors (Lipinski definition) is 2.